The van der Waals surface area contributed by atoms with Crippen LogP contribution in [0.1, 0.15) is 22.5 Å². The molecule has 3 rings (SSSR count). The lowest BCUT2D eigenvalue weighted by Crippen LogP contribution is -2.36. The molecule has 1 saturated heterocycles. The summed E-state index contributed by atoms with van der Waals surface area (Å²) >= 11 is 0. The zero-order valence-electron chi connectivity index (χ0n) is 12.0. The topological polar surface area (TPSA) is 76.1 Å². The first kappa shape index (κ1) is 14.9. The highest BCUT2D eigenvalue weighted by Crippen LogP contribution is 2.19. The summed E-state index contributed by atoms with van der Waals surface area (Å²) in [7, 11) is -3.04. The van der Waals surface area contributed by atoms with Gasteiger partial charge in [0.05, 0.1) is 28.3 Å². The molecule has 1 aliphatic heterocycles. The molecular formula is C15H15FN2O3S. The first-order valence-electron chi connectivity index (χ1n) is 6.92. The standard InChI is InChI=1S/C15H15FN2O3S/c1-9-13(6-10-2-3-11(16)7-14(10)17-9)15(19)18-12-4-5-22(20,21)8-12/h2-3,6-7,12H,4-5,8H2,1H3,(H,18,19). The highest BCUT2D eigenvalue weighted by atomic mass is 32.2. The van der Waals surface area contributed by atoms with Gasteiger partial charge in [-0.3, -0.25) is 9.78 Å². The van der Waals surface area contributed by atoms with Crippen molar-refractivity contribution in [1.82, 2.24) is 10.3 Å². The van der Waals surface area contributed by atoms with Crippen LogP contribution < -0.4 is 5.32 Å². The number of rotatable bonds is 2. The average Bonchev–Trinajstić information content (AvgIpc) is 2.76. The Morgan fingerprint density at radius 2 is 2.14 bits per heavy atom. The first-order valence-corrected chi connectivity index (χ1v) is 8.74. The van der Waals surface area contributed by atoms with Crippen molar-refractivity contribution >= 4 is 26.6 Å². The lowest BCUT2D eigenvalue weighted by Gasteiger charge is -2.12. The van der Waals surface area contributed by atoms with E-state index in [1.54, 1.807) is 19.1 Å². The fraction of sp³-hybridized carbons (Fsp3) is 0.333. The Hall–Kier alpha value is -2.02. The van der Waals surface area contributed by atoms with E-state index in [2.05, 4.69) is 10.3 Å². The number of carbonyl (C=O) groups is 1. The normalized spacial score (nSPS) is 20.2. The molecule has 22 heavy (non-hydrogen) atoms. The van der Waals surface area contributed by atoms with E-state index in [1.165, 1.54) is 12.1 Å². The predicted octanol–water partition coefficient (Wildman–Crippen LogP) is 1.60. The summed E-state index contributed by atoms with van der Waals surface area (Å²) in [5.74, 6) is -0.651. The molecule has 1 unspecified atom stereocenters. The Kier molecular flexibility index (Phi) is 3.60. The van der Waals surface area contributed by atoms with Crippen LogP contribution in [-0.4, -0.2) is 36.9 Å². The molecule has 0 aliphatic carbocycles. The summed E-state index contributed by atoms with van der Waals surface area (Å²) in [5.41, 5.74) is 1.34. The Bertz CT molecular complexity index is 864. The Balaban J connectivity index is 1.88. The molecule has 1 N–H and O–H groups in total. The lowest BCUT2D eigenvalue weighted by molar-refractivity contribution is 0.0940. The molecule has 2 heterocycles. The Morgan fingerprint density at radius 3 is 2.82 bits per heavy atom. The number of amides is 1. The van der Waals surface area contributed by atoms with Crippen molar-refractivity contribution in [3.63, 3.8) is 0 Å². The van der Waals surface area contributed by atoms with Crippen molar-refractivity contribution < 1.29 is 17.6 Å². The fourth-order valence-corrected chi connectivity index (χ4v) is 4.31. The van der Waals surface area contributed by atoms with Gasteiger partial charge in [-0.1, -0.05) is 0 Å². The van der Waals surface area contributed by atoms with Crippen LogP contribution >= 0.6 is 0 Å². The molecule has 1 amide bonds. The van der Waals surface area contributed by atoms with Gasteiger partial charge in [-0.05, 0) is 31.5 Å². The van der Waals surface area contributed by atoms with Crippen LogP contribution in [0.15, 0.2) is 24.3 Å². The number of sulfone groups is 1. The minimum Gasteiger partial charge on any atom is -0.348 e. The third kappa shape index (κ3) is 2.94. The summed E-state index contributed by atoms with van der Waals surface area (Å²) in [6, 6.07) is 5.47. The molecule has 2 aromatic rings. The van der Waals surface area contributed by atoms with E-state index < -0.39 is 9.84 Å². The molecule has 1 aliphatic rings. The summed E-state index contributed by atoms with van der Waals surface area (Å²) in [6.45, 7) is 1.67. The Labute approximate surface area is 127 Å². The van der Waals surface area contributed by atoms with E-state index in [9.17, 15) is 17.6 Å². The van der Waals surface area contributed by atoms with E-state index in [0.717, 1.165) is 0 Å². The lowest BCUT2D eigenvalue weighted by atomic mass is 10.1. The number of aromatic nitrogens is 1. The minimum atomic E-state index is -3.04. The van der Waals surface area contributed by atoms with Crippen LogP contribution in [0.4, 0.5) is 4.39 Å². The highest BCUT2D eigenvalue weighted by Gasteiger charge is 2.29. The number of hydrogen-bond donors (Lipinski definition) is 1. The second kappa shape index (κ2) is 5.31. The predicted molar refractivity (Wildman–Crippen MR) is 81.0 cm³/mol. The number of fused-ring (bicyclic) bond motifs is 1. The molecule has 116 valence electrons. The summed E-state index contributed by atoms with van der Waals surface area (Å²) < 4.78 is 36.1. The van der Waals surface area contributed by atoms with Crippen LogP contribution in [0.2, 0.25) is 0 Å². The average molecular weight is 322 g/mol. The maximum Gasteiger partial charge on any atom is 0.253 e. The molecule has 0 radical (unpaired) electrons. The summed E-state index contributed by atoms with van der Waals surface area (Å²) in [5, 5.41) is 3.40. The Morgan fingerprint density at radius 1 is 1.36 bits per heavy atom. The van der Waals surface area contributed by atoms with Gasteiger partial charge in [0.1, 0.15) is 5.82 Å². The number of halogens is 1. The van der Waals surface area contributed by atoms with Crippen LogP contribution in [0.3, 0.4) is 0 Å². The van der Waals surface area contributed by atoms with Gasteiger partial charge in [-0.25, -0.2) is 12.8 Å². The van der Waals surface area contributed by atoms with Crippen molar-refractivity contribution in [1.29, 1.82) is 0 Å². The second-order valence-electron chi connectivity index (χ2n) is 5.53. The summed E-state index contributed by atoms with van der Waals surface area (Å²) in [6.07, 6.45) is 0.430. The van der Waals surface area contributed by atoms with Crippen molar-refractivity contribution in [3.05, 3.63) is 41.3 Å². The van der Waals surface area contributed by atoms with Gasteiger partial charge >= 0.3 is 0 Å². The van der Waals surface area contributed by atoms with Gasteiger partial charge in [0.25, 0.3) is 5.91 Å². The quantitative estimate of drug-likeness (QED) is 0.911. The SMILES string of the molecule is Cc1nc2cc(F)ccc2cc1C(=O)NC1CCS(=O)(=O)C1. The van der Waals surface area contributed by atoms with Gasteiger partial charge < -0.3 is 5.32 Å². The fourth-order valence-electron chi connectivity index (χ4n) is 2.64. The number of carbonyl (C=O) groups excluding carboxylic acids is 1. The van der Waals surface area contributed by atoms with Crippen molar-refractivity contribution in [2.45, 2.75) is 19.4 Å². The van der Waals surface area contributed by atoms with Gasteiger partial charge in [0.2, 0.25) is 0 Å². The van der Waals surface area contributed by atoms with E-state index >= 15 is 0 Å². The number of benzene rings is 1. The molecule has 7 heteroatoms. The van der Waals surface area contributed by atoms with Crippen molar-refractivity contribution in [2.75, 3.05) is 11.5 Å². The van der Waals surface area contributed by atoms with E-state index in [4.69, 9.17) is 0 Å². The summed E-state index contributed by atoms with van der Waals surface area (Å²) in [4.78, 5) is 16.6. The molecular weight excluding hydrogens is 307 g/mol. The van der Waals surface area contributed by atoms with E-state index in [1.807, 2.05) is 0 Å². The zero-order chi connectivity index (χ0) is 15.9. The maximum atomic E-state index is 13.2. The first-order chi connectivity index (χ1) is 10.3. The van der Waals surface area contributed by atoms with Gasteiger partial charge in [-0.15, -0.1) is 0 Å². The third-order valence-electron chi connectivity index (χ3n) is 3.78. The number of hydrogen-bond acceptors (Lipinski definition) is 4. The molecule has 5 nitrogen and oxygen atoms in total. The smallest absolute Gasteiger partial charge is 0.253 e. The second-order valence-corrected chi connectivity index (χ2v) is 7.76. The van der Waals surface area contributed by atoms with Crippen LogP contribution in [0, 0.1) is 12.7 Å². The van der Waals surface area contributed by atoms with Gasteiger partial charge in [-0.2, -0.15) is 0 Å². The van der Waals surface area contributed by atoms with Crippen molar-refractivity contribution in [2.24, 2.45) is 0 Å². The maximum absolute atomic E-state index is 13.2. The van der Waals surface area contributed by atoms with Crippen LogP contribution in [0.5, 0.6) is 0 Å². The molecule has 0 spiro atoms. The molecule has 1 aromatic carbocycles. The largest absolute Gasteiger partial charge is 0.348 e. The number of nitrogens with one attached hydrogen (secondary N) is 1. The van der Waals surface area contributed by atoms with Crippen LogP contribution in [0.25, 0.3) is 10.9 Å². The zero-order valence-corrected chi connectivity index (χ0v) is 12.8. The monoisotopic (exact) mass is 322 g/mol. The molecule has 1 fully saturated rings. The molecule has 0 saturated carbocycles. The van der Waals surface area contributed by atoms with Gasteiger partial charge in [0.15, 0.2) is 9.84 Å². The van der Waals surface area contributed by atoms with E-state index in [0.29, 0.717) is 28.6 Å². The number of aryl methyl sites for hydroxylation is 1. The number of pyridine rings is 1. The number of nitrogens with zero attached hydrogens (tertiary/aromatic N) is 1. The minimum absolute atomic E-state index is 0.0238. The molecule has 0 bridgehead atoms. The molecule has 1 aromatic heterocycles. The third-order valence-corrected chi connectivity index (χ3v) is 5.55. The van der Waals surface area contributed by atoms with Crippen LogP contribution in [-0.2, 0) is 9.84 Å². The molecule has 1 atom stereocenters. The van der Waals surface area contributed by atoms with E-state index in [-0.39, 0.29) is 29.3 Å². The van der Waals surface area contributed by atoms with Gasteiger partial charge in [0, 0.05) is 17.5 Å². The van der Waals surface area contributed by atoms with Crippen molar-refractivity contribution in [3.8, 4) is 0 Å². The highest BCUT2D eigenvalue weighted by molar-refractivity contribution is 7.91.